The summed E-state index contributed by atoms with van der Waals surface area (Å²) in [5, 5.41) is 12.2. The van der Waals surface area contributed by atoms with Gasteiger partial charge < -0.3 is 0 Å². The summed E-state index contributed by atoms with van der Waals surface area (Å²) in [6.45, 7) is 3.50. The van der Waals surface area contributed by atoms with E-state index in [4.69, 9.17) is 11.6 Å². The van der Waals surface area contributed by atoms with Crippen LogP contribution in [0.5, 0.6) is 0 Å². The first-order valence-corrected chi connectivity index (χ1v) is 11.7. The molecule has 0 bridgehead atoms. The predicted molar refractivity (Wildman–Crippen MR) is 117 cm³/mol. The minimum Gasteiger partial charge on any atom is -0.299 e. The van der Waals surface area contributed by atoms with Gasteiger partial charge in [0.2, 0.25) is 21.1 Å². The van der Waals surface area contributed by atoms with E-state index in [0.29, 0.717) is 20.8 Å². The van der Waals surface area contributed by atoms with Gasteiger partial charge in [-0.25, -0.2) is 8.42 Å². The standard InChI is InChI=1S/C19H19ClN4O3S2/c1-12-4-6-14(7-5-12)18-22-23-19(28-18)21-17(25)13(2)24(29(3,26)27)16-10-8-15(20)9-11-16/h4-11,13H,1-3H3,(H,21,23,25). The SMILES string of the molecule is Cc1ccc(-c2nnc(NC(=O)C(C)N(c3ccc(Cl)cc3)S(C)(=O)=O)s2)cc1. The van der Waals surface area contributed by atoms with Gasteiger partial charge in [0.1, 0.15) is 11.0 Å². The van der Waals surface area contributed by atoms with E-state index in [9.17, 15) is 13.2 Å². The lowest BCUT2D eigenvalue weighted by atomic mass is 10.2. The van der Waals surface area contributed by atoms with Crippen LogP contribution in [0.25, 0.3) is 10.6 Å². The largest absolute Gasteiger partial charge is 0.299 e. The van der Waals surface area contributed by atoms with Gasteiger partial charge in [-0.3, -0.25) is 14.4 Å². The Morgan fingerprint density at radius 2 is 1.72 bits per heavy atom. The van der Waals surface area contributed by atoms with E-state index in [1.54, 1.807) is 24.3 Å². The Bertz CT molecular complexity index is 1110. The number of carbonyl (C=O) groups excluding carboxylic acids is 1. The molecule has 0 aliphatic heterocycles. The average molecular weight is 451 g/mol. The lowest BCUT2D eigenvalue weighted by Crippen LogP contribution is -2.45. The summed E-state index contributed by atoms with van der Waals surface area (Å²) in [5.74, 6) is -0.517. The van der Waals surface area contributed by atoms with Crippen molar-refractivity contribution in [2.45, 2.75) is 19.9 Å². The monoisotopic (exact) mass is 450 g/mol. The zero-order valence-corrected chi connectivity index (χ0v) is 18.3. The molecule has 2 aromatic carbocycles. The van der Waals surface area contributed by atoms with Gasteiger partial charge in [0.15, 0.2) is 0 Å². The van der Waals surface area contributed by atoms with Crippen LogP contribution < -0.4 is 9.62 Å². The van der Waals surface area contributed by atoms with Crippen LogP contribution in [0.4, 0.5) is 10.8 Å². The first-order valence-electron chi connectivity index (χ1n) is 8.61. The summed E-state index contributed by atoms with van der Waals surface area (Å²) in [4.78, 5) is 12.7. The van der Waals surface area contributed by atoms with E-state index in [-0.39, 0.29) is 0 Å². The second kappa shape index (κ2) is 8.48. The molecular weight excluding hydrogens is 432 g/mol. The van der Waals surface area contributed by atoms with Crippen molar-refractivity contribution in [1.29, 1.82) is 0 Å². The van der Waals surface area contributed by atoms with Gasteiger partial charge in [0.05, 0.1) is 11.9 Å². The van der Waals surface area contributed by atoms with Crippen LogP contribution in [-0.2, 0) is 14.8 Å². The van der Waals surface area contributed by atoms with Crippen molar-refractivity contribution in [1.82, 2.24) is 10.2 Å². The van der Waals surface area contributed by atoms with Crippen LogP contribution >= 0.6 is 22.9 Å². The van der Waals surface area contributed by atoms with Crippen molar-refractivity contribution in [3.8, 4) is 10.6 Å². The molecule has 0 spiro atoms. The second-order valence-electron chi connectivity index (χ2n) is 6.48. The molecule has 1 unspecified atom stereocenters. The number of aromatic nitrogens is 2. The number of nitrogens with one attached hydrogen (secondary N) is 1. The number of halogens is 1. The molecule has 152 valence electrons. The number of amides is 1. The average Bonchev–Trinajstić information content (AvgIpc) is 3.11. The molecule has 0 saturated heterocycles. The number of benzene rings is 2. The van der Waals surface area contributed by atoms with E-state index in [1.807, 2.05) is 31.2 Å². The fourth-order valence-corrected chi connectivity index (χ4v) is 4.75. The van der Waals surface area contributed by atoms with Gasteiger partial charge in [-0.1, -0.05) is 52.8 Å². The number of carbonyl (C=O) groups is 1. The quantitative estimate of drug-likeness (QED) is 0.613. The Hall–Kier alpha value is -2.49. The predicted octanol–water partition coefficient (Wildman–Crippen LogP) is 3.96. The molecule has 10 heteroatoms. The van der Waals surface area contributed by atoms with Crippen molar-refractivity contribution in [3.05, 3.63) is 59.1 Å². The summed E-state index contributed by atoms with van der Waals surface area (Å²) >= 11 is 7.10. The van der Waals surface area contributed by atoms with Gasteiger partial charge in [0, 0.05) is 10.6 Å². The zero-order chi connectivity index (χ0) is 21.2. The number of hydrogen-bond donors (Lipinski definition) is 1. The Balaban J connectivity index is 1.80. The summed E-state index contributed by atoms with van der Waals surface area (Å²) in [6, 6.07) is 13.0. The third kappa shape index (κ3) is 5.11. The van der Waals surface area contributed by atoms with Crippen LogP contribution in [-0.4, -0.2) is 36.8 Å². The van der Waals surface area contributed by atoms with Crippen LogP contribution in [0.15, 0.2) is 48.5 Å². The highest BCUT2D eigenvalue weighted by Crippen LogP contribution is 2.28. The van der Waals surface area contributed by atoms with Crippen LogP contribution in [0.3, 0.4) is 0 Å². The molecule has 29 heavy (non-hydrogen) atoms. The molecule has 3 rings (SSSR count). The fourth-order valence-electron chi connectivity index (χ4n) is 2.69. The molecule has 0 radical (unpaired) electrons. The van der Waals surface area contributed by atoms with Crippen molar-refractivity contribution in [2.75, 3.05) is 15.9 Å². The van der Waals surface area contributed by atoms with Crippen LogP contribution in [0.2, 0.25) is 5.02 Å². The summed E-state index contributed by atoms with van der Waals surface area (Å²) in [7, 11) is -3.71. The highest BCUT2D eigenvalue weighted by Gasteiger charge is 2.29. The van der Waals surface area contributed by atoms with E-state index < -0.39 is 22.0 Å². The first-order chi connectivity index (χ1) is 13.6. The number of hydrogen-bond acceptors (Lipinski definition) is 6. The molecule has 1 N–H and O–H groups in total. The number of aryl methyl sites for hydroxylation is 1. The summed E-state index contributed by atoms with van der Waals surface area (Å²) in [5.41, 5.74) is 2.36. The van der Waals surface area contributed by atoms with Crippen molar-refractivity contribution in [2.24, 2.45) is 0 Å². The highest BCUT2D eigenvalue weighted by molar-refractivity contribution is 7.92. The zero-order valence-electron chi connectivity index (χ0n) is 16.0. The highest BCUT2D eigenvalue weighted by atomic mass is 35.5. The van der Waals surface area contributed by atoms with Gasteiger partial charge >= 0.3 is 0 Å². The normalized spacial score (nSPS) is 12.4. The van der Waals surface area contributed by atoms with E-state index in [1.165, 1.54) is 18.3 Å². The number of sulfonamides is 1. The molecular formula is C19H19ClN4O3S2. The minimum absolute atomic E-state index is 0.294. The van der Waals surface area contributed by atoms with Crippen LogP contribution in [0, 0.1) is 6.92 Å². The maximum atomic E-state index is 12.7. The molecule has 1 atom stereocenters. The van der Waals surface area contributed by atoms with Crippen molar-refractivity contribution < 1.29 is 13.2 Å². The molecule has 3 aromatic rings. The maximum absolute atomic E-state index is 12.7. The number of anilines is 2. The number of nitrogens with zero attached hydrogens (tertiary/aromatic N) is 3. The smallest absolute Gasteiger partial charge is 0.249 e. The van der Waals surface area contributed by atoms with E-state index >= 15 is 0 Å². The minimum atomic E-state index is -3.71. The Morgan fingerprint density at radius 3 is 2.31 bits per heavy atom. The Kier molecular flexibility index (Phi) is 6.21. The molecule has 1 amide bonds. The molecule has 1 heterocycles. The molecule has 0 aliphatic carbocycles. The van der Waals surface area contributed by atoms with Gasteiger partial charge in [0.25, 0.3) is 0 Å². The molecule has 7 nitrogen and oxygen atoms in total. The topological polar surface area (TPSA) is 92.3 Å². The van der Waals surface area contributed by atoms with Crippen LogP contribution in [0.1, 0.15) is 12.5 Å². The molecule has 0 fully saturated rings. The fraction of sp³-hybridized carbons (Fsp3) is 0.211. The summed E-state index contributed by atoms with van der Waals surface area (Å²) < 4.78 is 25.7. The van der Waals surface area contributed by atoms with Crippen molar-refractivity contribution in [3.63, 3.8) is 0 Å². The third-order valence-corrected chi connectivity index (χ3v) is 6.50. The van der Waals surface area contributed by atoms with E-state index in [2.05, 4.69) is 15.5 Å². The molecule has 1 aromatic heterocycles. The van der Waals surface area contributed by atoms with Gasteiger partial charge in [-0.15, -0.1) is 10.2 Å². The van der Waals surface area contributed by atoms with Gasteiger partial charge in [-0.05, 0) is 38.1 Å². The Morgan fingerprint density at radius 1 is 1.10 bits per heavy atom. The lowest BCUT2D eigenvalue weighted by molar-refractivity contribution is -0.116. The molecule has 0 aliphatic rings. The first kappa shape index (κ1) is 21.2. The lowest BCUT2D eigenvalue weighted by Gasteiger charge is -2.27. The summed E-state index contributed by atoms with van der Waals surface area (Å²) in [6.07, 6.45) is 1.05. The Labute approximate surface area is 178 Å². The van der Waals surface area contributed by atoms with Gasteiger partial charge in [-0.2, -0.15) is 0 Å². The number of rotatable bonds is 6. The molecule has 0 saturated carbocycles. The third-order valence-electron chi connectivity index (χ3n) is 4.12. The van der Waals surface area contributed by atoms with E-state index in [0.717, 1.165) is 21.7 Å². The van der Waals surface area contributed by atoms with Crippen molar-refractivity contribution >= 4 is 49.7 Å². The maximum Gasteiger partial charge on any atom is 0.249 e. The second-order valence-corrected chi connectivity index (χ2v) is 9.75.